The highest BCUT2D eigenvalue weighted by Crippen LogP contribution is 2.25. The monoisotopic (exact) mass is 307 g/mol. The van der Waals surface area contributed by atoms with E-state index in [2.05, 4.69) is 25.2 Å². The second-order valence-corrected chi connectivity index (χ2v) is 6.52. The van der Waals surface area contributed by atoms with Crippen molar-refractivity contribution in [2.75, 3.05) is 0 Å². The Morgan fingerprint density at radius 2 is 1.95 bits per heavy atom. The molecule has 0 spiro atoms. The number of benzene rings is 1. The highest BCUT2D eigenvalue weighted by Gasteiger charge is 2.19. The van der Waals surface area contributed by atoms with E-state index in [1.807, 2.05) is 35.7 Å². The van der Waals surface area contributed by atoms with Crippen molar-refractivity contribution in [3.05, 3.63) is 57.2 Å². The molecule has 0 unspecified atom stereocenters. The molecule has 0 saturated carbocycles. The molecule has 4 heteroatoms. The fraction of sp³-hybridized carbons (Fsp3) is 0.312. The summed E-state index contributed by atoms with van der Waals surface area (Å²) in [7, 11) is 0. The normalized spacial score (nSPS) is 12.4. The summed E-state index contributed by atoms with van der Waals surface area (Å²) in [5, 5.41) is 5.85. The van der Waals surface area contributed by atoms with Crippen molar-refractivity contribution in [1.82, 2.24) is 5.32 Å². The second-order valence-electron chi connectivity index (χ2n) is 5.11. The maximum absolute atomic E-state index is 12.2. The first-order valence-corrected chi connectivity index (χ1v) is 7.89. The number of rotatable bonds is 5. The second kappa shape index (κ2) is 6.91. The van der Waals surface area contributed by atoms with Crippen LogP contribution >= 0.6 is 22.9 Å². The SMILES string of the molecule is CC(C)[C@H](NC(=O)Cc1ccc(Cl)cc1)c1cccs1. The maximum Gasteiger partial charge on any atom is 0.224 e. The summed E-state index contributed by atoms with van der Waals surface area (Å²) < 4.78 is 0. The lowest BCUT2D eigenvalue weighted by atomic mass is 10.0. The molecule has 0 bridgehead atoms. The van der Waals surface area contributed by atoms with Crippen LogP contribution in [-0.2, 0) is 11.2 Å². The highest BCUT2D eigenvalue weighted by atomic mass is 35.5. The zero-order chi connectivity index (χ0) is 14.5. The third-order valence-corrected chi connectivity index (χ3v) is 4.32. The van der Waals surface area contributed by atoms with Crippen LogP contribution in [0.4, 0.5) is 0 Å². The Morgan fingerprint density at radius 3 is 2.50 bits per heavy atom. The molecule has 1 amide bonds. The Kier molecular flexibility index (Phi) is 5.21. The van der Waals surface area contributed by atoms with Gasteiger partial charge in [0.25, 0.3) is 0 Å². The zero-order valence-corrected chi connectivity index (χ0v) is 13.2. The van der Waals surface area contributed by atoms with Gasteiger partial charge in [0.2, 0.25) is 5.91 Å². The lowest BCUT2D eigenvalue weighted by Gasteiger charge is -2.21. The molecular formula is C16H18ClNOS. The van der Waals surface area contributed by atoms with Crippen LogP contribution in [0.25, 0.3) is 0 Å². The molecule has 20 heavy (non-hydrogen) atoms. The van der Waals surface area contributed by atoms with Gasteiger partial charge >= 0.3 is 0 Å². The molecule has 1 aromatic carbocycles. The van der Waals surface area contributed by atoms with E-state index in [9.17, 15) is 4.79 Å². The van der Waals surface area contributed by atoms with Crippen LogP contribution in [-0.4, -0.2) is 5.91 Å². The van der Waals surface area contributed by atoms with Gasteiger partial charge in [0.15, 0.2) is 0 Å². The number of carbonyl (C=O) groups excluding carboxylic acids is 1. The number of thiophene rings is 1. The predicted molar refractivity (Wildman–Crippen MR) is 85.2 cm³/mol. The first-order chi connectivity index (χ1) is 9.56. The molecule has 1 N–H and O–H groups in total. The van der Waals surface area contributed by atoms with E-state index in [1.54, 1.807) is 11.3 Å². The largest absolute Gasteiger partial charge is 0.348 e. The van der Waals surface area contributed by atoms with Crippen molar-refractivity contribution in [3.8, 4) is 0 Å². The van der Waals surface area contributed by atoms with Crippen LogP contribution in [0.3, 0.4) is 0 Å². The lowest BCUT2D eigenvalue weighted by Crippen LogP contribution is -2.32. The van der Waals surface area contributed by atoms with Crippen molar-refractivity contribution in [2.45, 2.75) is 26.3 Å². The Hall–Kier alpha value is -1.32. The highest BCUT2D eigenvalue weighted by molar-refractivity contribution is 7.10. The molecule has 0 radical (unpaired) electrons. The minimum Gasteiger partial charge on any atom is -0.348 e. The van der Waals surface area contributed by atoms with Gasteiger partial charge < -0.3 is 5.32 Å². The molecule has 0 aliphatic heterocycles. The maximum atomic E-state index is 12.2. The van der Waals surface area contributed by atoms with Crippen molar-refractivity contribution in [3.63, 3.8) is 0 Å². The Balaban J connectivity index is 2.00. The van der Waals surface area contributed by atoms with Gasteiger partial charge in [-0.05, 0) is 35.1 Å². The van der Waals surface area contributed by atoms with Gasteiger partial charge in [-0.2, -0.15) is 0 Å². The van der Waals surface area contributed by atoms with E-state index >= 15 is 0 Å². The van der Waals surface area contributed by atoms with Gasteiger partial charge in [-0.1, -0.05) is 43.6 Å². The first-order valence-electron chi connectivity index (χ1n) is 6.63. The summed E-state index contributed by atoms with van der Waals surface area (Å²) in [4.78, 5) is 13.4. The molecule has 2 nitrogen and oxygen atoms in total. The van der Waals surface area contributed by atoms with E-state index in [0.29, 0.717) is 17.4 Å². The molecule has 0 aliphatic rings. The van der Waals surface area contributed by atoms with Gasteiger partial charge in [-0.25, -0.2) is 0 Å². The Morgan fingerprint density at radius 1 is 1.25 bits per heavy atom. The van der Waals surface area contributed by atoms with Crippen molar-refractivity contribution < 1.29 is 4.79 Å². The van der Waals surface area contributed by atoms with Crippen LogP contribution in [0.2, 0.25) is 5.02 Å². The standard InChI is InChI=1S/C16H18ClNOS/c1-11(2)16(14-4-3-9-20-14)18-15(19)10-12-5-7-13(17)8-6-12/h3-9,11,16H,10H2,1-2H3,(H,18,19)/t16-/m0/s1. The van der Waals surface area contributed by atoms with E-state index in [1.165, 1.54) is 4.88 Å². The lowest BCUT2D eigenvalue weighted by molar-refractivity contribution is -0.121. The zero-order valence-electron chi connectivity index (χ0n) is 11.6. The number of carbonyl (C=O) groups is 1. The average Bonchev–Trinajstić information content (AvgIpc) is 2.92. The smallest absolute Gasteiger partial charge is 0.224 e. The van der Waals surface area contributed by atoms with Crippen molar-refractivity contribution in [2.24, 2.45) is 5.92 Å². The molecule has 0 saturated heterocycles. The summed E-state index contributed by atoms with van der Waals surface area (Å²) in [5.41, 5.74) is 0.973. The molecule has 106 valence electrons. The fourth-order valence-corrected chi connectivity index (χ4v) is 3.12. The Labute approximate surface area is 128 Å². The van der Waals surface area contributed by atoms with Crippen molar-refractivity contribution in [1.29, 1.82) is 0 Å². The van der Waals surface area contributed by atoms with Crippen LogP contribution < -0.4 is 5.32 Å². The van der Waals surface area contributed by atoms with Crippen molar-refractivity contribution >= 4 is 28.8 Å². The number of halogens is 1. The van der Waals surface area contributed by atoms with Gasteiger partial charge in [-0.3, -0.25) is 4.79 Å². The summed E-state index contributed by atoms with van der Waals surface area (Å²) >= 11 is 7.52. The first kappa shape index (κ1) is 15.1. The minimum atomic E-state index is 0.0411. The molecule has 0 aliphatic carbocycles. The van der Waals surface area contributed by atoms with Gasteiger partial charge in [-0.15, -0.1) is 11.3 Å². The summed E-state index contributed by atoms with van der Waals surface area (Å²) in [5.74, 6) is 0.405. The molecule has 0 fully saturated rings. The Bertz CT molecular complexity index is 548. The summed E-state index contributed by atoms with van der Waals surface area (Å²) in [6.45, 7) is 4.24. The van der Waals surface area contributed by atoms with E-state index < -0.39 is 0 Å². The quantitative estimate of drug-likeness (QED) is 0.868. The fourth-order valence-electron chi connectivity index (χ4n) is 2.05. The van der Waals surface area contributed by atoms with Crippen LogP contribution in [0.5, 0.6) is 0 Å². The number of amides is 1. The van der Waals surface area contributed by atoms with Crippen LogP contribution in [0, 0.1) is 5.92 Å². The number of nitrogens with one attached hydrogen (secondary N) is 1. The summed E-state index contributed by atoms with van der Waals surface area (Å²) in [6.07, 6.45) is 0.381. The topological polar surface area (TPSA) is 29.1 Å². The van der Waals surface area contributed by atoms with E-state index in [-0.39, 0.29) is 11.9 Å². The molecule has 1 atom stereocenters. The predicted octanol–water partition coefficient (Wildman–Crippen LogP) is 4.46. The van der Waals surface area contributed by atoms with Crippen LogP contribution in [0.1, 0.15) is 30.3 Å². The number of hydrogen-bond donors (Lipinski definition) is 1. The molecule has 1 aromatic heterocycles. The van der Waals surface area contributed by atoms with E-state index in [0.717, 1.165) is 5.56 Å². The third-order valence-electron chi connectivity index (χ3n) is 3.11. The van der Waals surface area contributed by atoms with Crippen LogP contribution in [0.15, 0.2) is 41.8 Å². The molecule has 1 heterocycles. The number of hydrogen-bond acceptors (Lipinski definition) is 2. The minimum absolute atomic E-state index is 0.0411. The van der Waals surface area contributed by atoms with E-state index in [4.69, 9.17) is 11.6 Å². The van der Waals surface area contributed by atoms with Gasteiger partial charge in [0, 0.05) is 9.90 Å². The van der Waals surface area contributed by atoms with Gasteiger partial charge in [0.1, 0.15) is 0 Å². The molecule has 2 rings (SSSR count). The summed E-state index contributed by atoms with van der Waals surface area (Å²) in [6, 6.07) is 11.6. The molecule has 2 aromatic rings. The van der Waals surface area contributed by atoms with Gasteiger partial charge in [0.05, 0.1) is 12.5 Å². The average molecular weight is 308 g/mol. The third kappa shape index (κ3) is 4.09. The molecular weight excluding hydrogens is 290 g/mol.